The normalized spacial score (nSPS) is 14.2. The zero-order chi connectivity index (χ0) is 13.6. The van der Waals surface area contributed by atoms with Crippen LogP contribution < -0.4 is 0 Å². The van der Waals surface area contributed by atoms with Gasteiger partial charge in [0.1, 0.15) is 6.54 Å². The van der Waals surface area contributed by atoms with Gasteiger partial charge in [-0.2, -0.15) is 4.31 Å². The molecule has 0 rings (SSSR count). The lowest BCUT2D eigenvalue weighted by atomic mass is 10.2. The second-order valence-electron chi connectivity index (χ2n) is 4.69. The van der Waals surface area contributed by atoms with Crippen LogP contribution in [0.4, 0.5) is 0 Å². The van der Waals surface area contributed by atoms with E-state index in [2.05, 4.69) is 0 Å². The first-order chi connectivity index (χ1) is 7.70. The Balaban J connectivity index is 4.82. The number of carbonyl (C=O) groups is 1. The molecule has 1 N–H and O–H groups in total. The first kappa shape index (κ1) is 16.4. The van der Waals surface area contributed by atoms with E-state index in [1.54, 1.807) is 6.92 Å². The third-order valence-corrected chi connectivity index (χ3v) is 4.64. The lowest BCUT2D eigenvalue weighted by Gasteiger charge is -2.26. The van der Waals surface area contributed by atoms with E-state index < -0.39 is 22.5 Å². The van der Waals surface area contributed by atoms with Crippen LogP contribution in [0.1, 0.15) is 40.5 Å². The van der Waals surface area contributed by atoms with Gasteiger partial charge < -0.3 is 5.11 Å². The lowest BCUT2D eigenvalue weighted by Crippen LogP contribution is -2.43. The molecule has 0 fully saturated rings. The van der Waals surface area contributed by atoms with Gasteiger partial charge in [-0.1, -0.05) is 20.8 Å². The van der Waals surface area contributed by atoms with E-state index in [9.17, 15) is 13.2 Å². The first-order valence-electron chi connectivity index (χ1n) is 5.92. The Morgan fingerprint density at radius 2 is 1.82 bits per heavy atom. The Morgan fingerprint density at radius 3 is 2.18 bits per heavy atom. The van der Waals surface area contributed by atoms with Gasteiger partial charge in [-0.05, 0) is 25.7 Å². The second-order valence-corrected chi connectivity index (χ2v) is 6.74. The number of aliphatic carboxylic acids is 1. The third kappa shape index (κ3) is 6.02. The fourth-order valence-electron chi connectivity index (χ4n) is 1.37. The summed E-state index contributed by atoms with van der Waals surface area (Å²) in [6.45, 7) is 7.02. The summed E-state index contributed by atoms with van der Waals surface area (Å²) in [7, 11) is -3.47. The van der Waals surface area contributed by atoms with Crippen molar-refractivity contribution in [3.05, 3.63) is 0 Å². The largest absolute Gasteiger partial charge is 0.480 e. The van der Waals surface area contributed by atoms with Crippen LogP contribution in [0.3, 0.4) is 0 Å². The van der Waals surface area contributed by atoms with E-state index in [-0.39, 0.29) is 17.7 Å². The molecule has 17 heavy (non-hydrogen) atoms. The minimum atomic E-state index is -3.47. The number of hydrogen-bond donors (Lipinski definition) is 1. The minimum absolute atomic E-state index is 0.0162. The van der Waals surface area contributed by atoms with Gasteiger partial charge in [-0.15, -0.1) is 0 Å². The molecule has 0 spiro atoms. The molecule has 0 aromatic carbocycles. The van der Waals surface area contributed by atoms with Crippen molar-refractivity contribution in [2.45, 2.75) is 46.6 Å². The second kappa shape index (κ2) is 6.96. The van der Waals surface area contributed by atoms with Crippen LogP contribution in [0.15, 0.2) is 0 Å². The van der Waals surface area contributed by atoms with Crippen LogP contribution in [0.5, 0.6) is 0 Å². The van der Waals surface area contributed by atoms with Crippen molar-refractivity contribution in [2.24, 2.45) is 5.92 Å². The molecule has 0 aliphatic carbocycles. The Morgan fingerprint density at radius 1 is 1.29 bits per heavy atom. The summed E-state index contributed by atoms with van der Waals surface area (Å²) in [5.41, 5.74) is 0. The van der Waals surface area contributed by atoms with Crippen LogP contribution in [-0.2, 0) is 14.8 Å². The Kier molecular flexibility index (Phi) is 6.70. The molecule has 0 amide bonds. The highest BCUT2D eigenvalue weighted by Gasteiger charge is 2.28. The highest BCUT2D eigenvalue weighted by Crippen LogP contribution is 2.13. The van der Waals surface area contributed by atoms with Crippen molar-refractivity contribution in [1.82, 2.24) is 4.31 Å². The number of hydrogen-bond acceptors (Lipinski definition) is 3. The molecule has 0 saturated carbocycles. The van der Waals surface area contributed by atoms with Crippen LogP contribution in [0.25, 0.3) is 0 Å². The molecule has 0 radical (unpaired) electrons. The molecule has 0 aromatic rings. The Hall–Kier alpha value is -0.620. The summed E-state index contributed by atoms with van der Waals surface area (Å²) in [6, 6.07) is -0.275. The molecular formula is C11H23NO4S. The third-order valence-electron chi connectivity index (χ3n) is 2.68. The molecule has 0 bridgehead atoms. The number of carboxylic acids is 1. The smallest absolute Gasteiger partial charge is 0.318 e. The van der Waals surface area contributed by atoms with Crippen molar-refractivity contribution in [3.63, 3.8) is 0 Å². The van der Waals surface area contributed by atoms with Crippen LogP contribution in [-0.4, -0.2) is 42.1 Å². The topological polar surface area (TPSA) is 74.7 Å². The van der Waals surface area contributed by atoms with Crippen molar-refractivity contribution in [1.29, 1.82) is 0 Å². The van der Waals surface area contributed by atoms with Gasteiger partial charge in [0.2, 0.25) is 10.0 Å². The van der Waals surface area contributed by atoms with E-state index in [1.165, 1.54) is 0 Å². The van der Waals surface area contributed by atoms with E-state index in [1.807, 2.05) is 20.8 Å². The molecule has 0 heterocycles. The van der Waals surface area contributed by atoms with Gasteiger partial charge in [-0.3, -0.25) is 4.79 Å². The summed E-state index contributed by atoms with van der Waals surface area (Å²) < 4.78 is 25.2. The summed E-state index contributed by atoms with van der Waals surface area (Å²) in [4.78, 5) is 10.7. The molecule has 6 heteroatoms. The molecule has 5 nitrogen and oxygen atoms in total. The molecule has 1 atom stereocenters. The summed E-state index contributed by atoms with van der Waals surface area (Å²) in [5.74, 6) is -0.811. The maximum absolute atomic E-state index is 12.0. The first-order valence-corrected chi connectivity index (χ1v) is 7.53. The predicted molar refractivity (Wildman–Crippen MR) is 67.3 cm³/mol. The van der Waals surface area contributed by atoms with Crippen molar-refractivity contribution < 1.29 is 18.3 Å². The van der Waals surface area contributed by atoms with Gasteiger partial charge in [0.25, 0.3) is 0 Å². The molecule has 0 aromatic heterocycles. The maximum atomic E-state index is 12.0. The molecular weight excluding hydrogens is 242 g/mol. The van der Waals surface area contributed by atoms with Gasteiger partial charge in [-0.25, -0.2) is 8.42 Å². The molecule has 0 aliphatic heterocycles. The SMILES string of the molecule is CCC(C)N(CC(=O)O)S(=O)(=O)CCC(C)C. The Labute approximate surface area is 104 Å². The van der Waals surface area contributed by atoms with Crippen LogP contribution in [0, 0.1) is 5.92 Å². The number of sulfonamides is 1. The van der Waals surface area contributed by atoms with Gasteiger partial charge in [0.15, 0.2) is 0 Å². The number of carboxylic acid groups (broad SMARTS) is 1. The predicted octanol–water partition coefficient (Wildman–Crippen LogP) is 1.55. The van der Waals surface area contributed by atoms with Crippen molar-refractivity contribution >= 4 is 16.0 Å². The minimum Gasteiger partial charge on any atom is -0.480 e. The van der Waals surface area contributed by atoms with E-state index >= 15 is 0 Å². The fourth-order valence-corrected chi connectivity index (χ4v) is 3.38. The van der Waals surface area contributed by atoms with Gasteiger partial charge in [0, 0.05) is 6.04 Å². The molecule has 102 valence electrons. The van der Waals surface area contributed by atoms with Gasteiger partial charge >= 0.3 is 5.97 Å². The maximum Gasteiger partial charge on any atom is 0.318 e. The summed E-state index contributed by atoms with van der Waals surface area (Å²) >= 11 is 0. The van der Waals surface area contributed by atoms with E-state index in [4.69, 9.17) is 5.11 Å². The molecule has 1 unspecified atom stereocenters. The summed E-state index contributed by atoms with van der Waals surface area (Å²) in [5, 5.41) is 8.76. The standard InChI is InChI=1S/C11H23NO4S/c1-5-10(4)12(8-11(13)14)17(15,16)7-6-9(2)3/h9-10H,5-8H2,1-4H3,(H,13,14). The quantitative estimate of drug-likeness (QED) is 0.722. The lowest BCUT2D eigenvalue weighted by molar-refractivity contribution is -0.137. The highest BCUT2D eigenvalue weighted by molar-refractivity contribution is 7.89. The average Bonchev–Trinajstić information content (AvgIpc) is 2.22. The highest BCUT2D eigenvalue weighted by atomic mass is 32.2. The van der Waals surface area contributed by atoms with Crippen molar-refractivity contribution in [3.8, 4) is 0 Å². The van der Waals surface area contributed by atoms with E-state index in [0.717, 1.165) is 4.31 Å². The summed E-state index contributed by atoms with van der Waals surface area (Å²) in [6.07, 6.45) is 1.16. The number of nitrogens with zero attached hydrogens (tertiary/aromatic N) is 1. The number of rotatable bonds is 8. The average molecular weight is 265 g/mol. The molecule has 0 aliphatic rings. The van der Waals surface area contributed by atoms with Crippen LogP contribution >= 0.6 is 0 Å². The van der Waals surface area contributed by atoms with E-state index in [0.29, 0.717) is 12.8 Å². The Bertz CT molecular complexity index is 337. The van der Waals surface area contributed by atoms with Gasteiger partial charge in [0.05, 0.1) is 5.75 Å². The van der Waals surface area contributed by atoms with Crippen LogP contribution in [0.2, 0.25) is 0 Å². The molecule has 0 saturated heterocycles. The zero-order valence-corrected chi connectivity index (χ0v) is 11.8. The van der Waals surface area contributed by atoms with Crippen molar-refractivity contribution in [2.75, 3.05) is 12.3 Å². The monoisotopic (exact) mass is 265 g/mol. The zero-order valence-electron chi connectivity index (χ0n) is 11.0. The fraction of sp³-hybridized carbons (Fsp3) is 0.909.